The number of terminal acetylenes is 1. The van der Waals surface area contributed by atoms with E-state index in [1.165, 1.54) is 6.42 Å². The number of hydrogen-bond acceptors (Lipinski definition) is 3. The summed E-state index contributed by atoms with van der Waals surface area (Å²) in [6, 6.07) is 3.78. The smallest absolute Gasteiger partial charge is 0.273 e. The number of nitrogens with zero attached hydrogens (tertiary/aromatic N) is 3. The van der Waals surface area contributed by atoms with E-state index in [1.54, 1.807) is 20.0 Å². The molecule has 0 bridgehead atoms. The van der Waals surface area contributed by atoms with Crippen molar-refractivity contribution < 1.29 is 4.79 Å². The molecule has 122 valence electrons. The zero-order valence-corrected chi connectivity index (χ0v) is 15.1. The Morgan fingerprint density at radius 2 is 2.33 bits per heavy atom. The molecule has 1 N–H and O–H groups in total. The summed E-state index contributed by atoms with van der Waals surface area (Å²) >= 11 is 3.47. The number of rotatable bonds is 3. The number of fused-ring (bicyclic) bond motifs is 3. The number of amides is 1. The summed E-state index contributed by atoms with van der Waals surface area (Å²) in [6.07, 6.45) is 9.29. The Hall–Kier alpha value is -2.13. The lowest BCUT2D eigenvalue weighted by Gasteiger charge is -2.19. The van der Waals surface area contributed by atoms with E-state index in [0.29, 0.717) is 17.5 Å². The minimum absolute atomic E-state index is 0.218. The van der Waals surface area contributed by atoms with Crippen LogP contribution in [0.5, 0.6) is 0 Å². The summed E-state index contributed by atoms with van der Waals surface area (Å²) in [5.41, 5.74) is 1.95. The quantitative estimate of drug-likeness (QED) is 0.827. The Morgan fingerprint density at radius 3 is 3.04 bits per heavy atom. The molecule has 0 saturated heterocycles. The van der Waals surface area contributed by atoms with Crippen LogP contribution in [0.1, 0.15) is 47.9 Å². The monoisotopic (exact) mass is 384 g/mol. The van der Waals surface area contributed by atoms with Crippen molar-refractivity contribution in [1.29, 1.82) is 0 Å². The second kappa shape index (κ2) is 5.18. The molecule has 0 radical (unpaired) electrons. The van der Waals surface area contributed by atoms with Crippen molar-refractivity contribution in [3.8, 4) is 18.2 Å². The number of nitrogens with one attached hydrogen (secondary N) is 1. The summed E-state index contributed by atoms with van der Waals surface area (Å²) in [7, 11) is 0. The Kier molecular flexibility index (Phi) is 3.33. The fourth-order valence-corrected chi connectivity index (χ4v) is 3.68. The summed E-state index contributed by atoms with van der Waals surface area (Å²) < 4.78 is 2.76. The summed E-state index contributed by atoms with van der Waals surface area (Å²) in [5, 5.41) is 7.47. The van der Waals surface area contributed by atoms with Crippen LogP contribution in [0.4, 0.5) is 0 Å². The summed E-state index contributed by atoms with van der Waals surface area (Å²) in [5.74, 6) is 4.23. The first-order valence-corrected chi connectivity index (χ1v) is 8.73. The summed E-state index contributed by atoms with van der Waals surface area (Å²) in [6.45, 7) is 3.60. The van der Waals surface area contributed by atoms with Crippen LogP contribution in [-0.4, -0.2) is 26.2 Å². The molecule has 1 fully saturated rings. The molecule has 1 saturated carbocycles. The van der Waals surface area contributed by atoms with E-state index in [1.807, 2.05) is 16.8 Å². The minimum Gasteiger partial charge on any atom is -0.335 e. The molecule has 6 heteroatoms. The van der Waals surface area contributed by atoms with Gasteiger partial charge in [0.05, 0.1) is 11.2 Å². The van der Waals surface area contributed by atoms with Crippen LogP contribution in [0.25, 0.3) is 5.82 Å². The molecular weight excluding hydrogens is 368 g/mol. The number of pyridine rings is 1. The highest BCUT2D eigenvalue weighted by Gasteiger charge is 2.50. The van der Waals surface area contributed by atoms with Crippen molar-refractivity contribution in [2.75, 3.05) is 0 Å². The number of halogens is 1. The fraction of sp³-hybridized carbons (Fsp3) is 0.389. The van der Waals surface area contributed by atoms with Gasteiger partial charge >= 0.3 is 0 Å². The summed E-state index contributed by atoms with van der Waals surface area (Å²) in [4.78, 5) is 17.1. The molecule has 2 aromatic rings. The molecular formula is C18H17BrN4O. The van der Waals surface area contributed by atoms with E-state index in [2.05, 4.69) is 37.2 Å². The molecule has 2 aliphatic carbocycles. The van der Waals surface area contributed by atoms with Gasteiger partial charge in [-0.05, 0) is 44.7 Å². The molecule has 2 aliphatic rings. The highest BCUT2D eigenvalue weighted by molar-refractivity contribution is 9.10. The van der Waals surface area contributed by atoms with E-state index in [-0.39, 0.29) is 5.91 Å². The van der Waals surface area contributed by atoms with E-state index >= 15 is 0 Å². The molecule has 0 aliphatic heterocycles. The highest BCUT2D eigenvalue weighted by Crippen LogP contribution is 2.57. The van der Waals surface area contributed by atoms with Gasteiger partial charge < -0.3 is 5.32 Å². The first-order chi connectivity index (χ1) is 11.4. The third-order valence-electron chi connectivity index (χ3n) is 4.69. The maximum absolute atomic E-state index is 12.7. The Bertz CT molecular complexity index is 893. The molecule has 0 spiro atoms. The molecule has 2 aromatic heterocycles. The van der Waals surface area contributed by atoms with Gasteiger partial charge in [-0.2, -0.15) is 5.10 Å². The standard InChI is InChI=1S/C18H17BrN4O/c1-4-18(2,3)21-17(24)15-13-8-10-7-12(10)16(13)23(22-15)14-9-11(19)5-6-20-14/h1,5-6,9-10,12H,7-8H2,2-3H3,(H,21,24)/t10-,12-/m1/s1. The second-order valence-corrected chi connectivity index (χ2v) is 7.90. The predicted molar refractivity (Wildman–Crippen MR) is 94.0 cm³/mol. The SMILES string of the molecule is C#CC(C)(C)NC(=O)c1nn(-c2cc(Br)ccn2)c2c1C[C@H]1C[C@@H]21. The molecule has 5 nitrogen and oxygen atoms in total. The third kappa shape index (κ3) is 2.44. The van der Waals surface area contributed by atoms with E-state index in [0.717, 1.165) is 28.0 Å². The third-order valence-corrected chi connectivity index (χ3v) is 5.18. The van der Waals surface area contributed by atoms with Gasteiger partial charge in [-0.3, -0.25) is 4.79 Å². The zero-order valence-electron chi connectivity index (χ0n) is 13.5. The van der Waals surface area contributed by atoms with E-state index in [4.69, 9.17) is 6.42 Å². The second-order valence-electron chi connectivity index (χ2n) is 6.99. The van der Waals surface area contributed by atoms with Gasteiger partial charge in [-0.1, -0.05) is 21.9 Å². The van der Waals surface area contributed by atoms with Crippen LogP contribution in [-0.2, 0) is 6.42 Å². The number of hydrogen-bond donors (Lipinski definition) is 1. The van der Waals surface area contributed by atoms with E-state index in [9.17, 15) is 4.79 Å². The van der Waals surface area contributed by atoms with Crippen molar-refractivity contribution in [2.45, 2.75) is 38.1 Å². The van der Waals surface area contributed by atoms with Gasteiger partial charge in [0.25, 0.3) is 5.91 Å². The lowest BCUT2D eigenvalue weighted by atomic mass is 10.1. The normalized spacial score (nSPS) is 20.9. The lowest BCUT2D eigenvalue weighted by Crippen LogP contribution is -2.42. The van der Waals surface area contributed by atoms with Crippen molar-refractivity contribution in [3.63, 3.8) is 0 Å². The van der Waals surface area contributed by atoms with Crippen LogP contribution in [0.15, 0.2) is 22.8 Å². The molecule has 0 aromatic carbocycles. The van der Waals surface area contributed by atoms with Crippen LogP contribution < -0.4 is 5.32 Å². The lowest BCUT2D eigenvalue weighted by molar-refractivity contribution is 0.0923. The van der Waals surface area contributed by atoms with Crippen molar-refractivity contribution in [1.82, 2.24) is 20.1 Å². The van der Waals surface area contributed by atoms with Crippen molar-refractivity contribution >= 4 is 21.8 Å². The predicted octanol–water partition coefficient (Wildman–Crippen LogP) is 2.83. The van der Waals surface area contributed by atoms with Gasteiger partial charge in [-0.15, -0.1) is 6.42 Å². The average molecular weight is 385 g/mol. The molecule has 4 rings (SSSR count). The fourth-order valence-electron chi connectivity index (χ4n) is 3.36. The van der Waals surface area contributed by atoms with Gasteiger partial charge in [-0.25, -0.2) is 9.67 Å². The van der Waals surface area contributed by atoms with Crippen LogP contribution in [0, 0.1) is 18.3 Å². The minimum atomic E-state index is -0.705. The largest absolute Gasteiger partial charge is 0.335 e. The van der Waals surface area contributed by atoms with Gasteiger partial charge in [0.1, 0.15) is 0 Å². The number of carbonyl (C=O) groups is 1. The Labute approximate surface area is 149 Å². The molecule has 1 amide bonds. The topological polar surface area (TPSA) is 59.8 Å². The maximum Gasteiger partial charge on any atom is 0.273 e. The van der Waals surface area contributed by atoms with Crippen LogP contribution in [0.2, 0.25) is 0 Å². The molecule has 0 unspecified atom stereocenters. The van der Waals surface area contributed by atoms with Gasteiger partial charge in [0.15, 0.2) is 11.5 Å². The van der Waals surface area contributed by atoms with Gasteiger partial charge in [0, 0.05) is 22.2 Å². The highest BCUT2D eigenvalue weighted by atomic mass is 79.9. The molecule has 2 heterocycles. The van der Waals surface area contributed by atoms with Crippen molar-refractivity contribution in [2.24, 2.45) is 5.92 Å². The number of aromatic nitrogens is 3. The van der Waals surface area contributed by atoms with E-state index < -0.39 is 5.54 Å². The average Bonchev–Trinajstić information content (AvgIpc) is 3.03. The Morgan fingerprint density at radius 1 is 1.54 bits per heavy atom. The first kappa shape index (κ1) is 15.4. The first-order valence-electron chi connectivity index (χ1n) is 7.93. The zero-order chi connectivity index (χ0) is 17.1. The van der Waals surface area contributed by atoms with Gasteiger partial charge in [0.2, 0.25) is 0 Å². The van der Waals surface area contributed by atoms with Crippen LogP contribution in [0.3, 0.4) is 0 Å². The number of carbonyl (C=O) groups excluding carboxylic acids is 1. The van der Waals surface area contributed by atoms with Crippen molar-refractivity contribution in [3.05, 3.63) is 39.8 Å². The molecule has 24 heavy (non-hydrogen) atoms. The molecule has 2 atom stereocenters. The van der Waals surface area contributed by atoms with Crippen LogP contribution >= 0.6 is 15.9 Å². The maximum atomic E-state index is 12.7. The Balaban J connectivity index is 1.78.